The maximum atomic E-state index is 11.5. The number of carbonyl (C=O) groups is 1. The van der Waals surface area contributed by atoms with E-state index >= 15 is 0 Å². The lowest BCUT2D eigenvalue weighted by Crippen LogP contribution is -3.00. The van der Waals surface area contributed by atoms with Gasteiger partial charge in [-0.3, -0.25) is 4.79 Å². The molecule has 3 N–H and O–H groups in total. The van der Waals surface area contributed by atoms with E-state index in [0.29, 0.717) is 5.56 Å². The Balaban J connectivity index is 0.00000133. The van der Waals surface area contributed by atoms with Gasteiger partial charge in [-0.2, -0.15) is 4.57 Å². The van der Waals surface area contributed by atoms with E-state index in [0.717, 1.165) is 16.7 Å². The lowest BCUT2D eigenvalue weighted by molar-refractivity contribution is -0.567. The van der Waals surface area contributed by atoms with Crippen molar-refractivity contribution in [1.82, 2.24) is 4.98 Å². The van der Waals surface area contributed by atoms with Gasteiger partial charge in [0.15, 0.2) is 11.0 Å². The van der Waals surface area contributed by atoms with Gasteiger partial charge in [0.25, 0.3) is 5.91 Å². The summed E-state index contributed by atoms with van der Waals surface area (Å²) in [5.41, 5.74) is 8.60. The fraction of sp³-hybridized carbons (Fsp3) is 0. The monoisotopic (exact) mass is 273 g/mol. The minimum absolute atomic E-state index is 0. The molecule has 0 unspecified atom stereocenters. The van der Waals surface area contributed by atoms with Crippen LogP contribution in [0.5, 0.6) is 0 Å². The van der Waals surface area contributed by atoms with E-state index in [1.807, 2.05) is 53.4 Å². The molecule has 3 rings (SSSR count). The van der Waals surface area contributed by atoms with Crippen LogP contribution in [0.25, 0.3) is 16.7 Å². The number of H-pyrrole nitrogens is 1. The molecule has 1 amide bonds. The van der Waals surface area contributed by atoms with Crippen LogP contribution in [0.4, 0.5) is 0 Å². The van der Waals surface area contributed by atoms with E-state index in [4.69, 9.17) is 5.73 Å². The molecule has 0 aliphatic heterocycles. The Labute approximate surface area is 116 Å². The zero-order chi connectivity index (χ0) is 12.5. The molecule has 3 aromatic rings. The van der Waals surface area contributed by atoms with Gasteiger partial charge in [-0.15, -0.1) is 0 Å². The zero-order valence-corrected chi connectivity index (χ0v) is 10.8. The number of halogens is 1. The fourth-order valence-corrected chi connectivity index (χ4v) is 2.11. The molecular formula is C14H12ClN3O. The van der Waals surface area contributed by atoms with Crippen LogP contribution < -0.4 is 22.7 Å². The standard InChI is InChI=1S/C14H11N3O.ClH/c15-14(18)11-7-4-8-12-13(11)17(9-16-12)10-5-2-1-3-6-10;/h1-9H,(H2,15,18);1H. The van der Waals surface area contributed by atoms with Crippen LogP contribution in [0.15, 0.2) is 54.9 Å². The topological polar surface area (TPSA) is 62.8 Å². The number of primary amides is 1. The molecule has 5 heteroatoms. The molecule has 0 radical (unpaired) electrons. The van der Waals surface area contributed by atoms with E-state index in [2.05, 4.69) is 4.98 Å². The lowest BCUT2D eigenvalue weighted by atomic mass is 10.1. The number of aromatic nitrogens is 2. The quantitative estimate of drug-likeness (QED) is 0.551. The Morgan fingerprint density at radius 1 is 1.05 bits per heavy atom. The van der Waals surface area contributed by atoms with Crippen molar-refractivity contribution in [2.45, 2.75) is 0 Å². The normalized spacial score (nSPS) is 10.1. The molecule has 0 aliphatic carbocycles. The molecule has 0 atom stereocenters. The average molecular weight is 274 g/mol. The number of aromatic amines is 1. The summed E-state index contributed by atoms with van der Waals surface area (Å²) in [6.45, 7) is 0. The molecule has 1 aromatic heterocycles. The molecule has 1 heterocycles. The van der Waals surface area contributed by atoms with E-state index in [1.54, 1.807) is 6.07 Å². The number of fused-ring (bicyclic) bond motifs is 1. The summed E-state index contributed by atoms with van der Waals surface area (Å²) in [5.74, 6) is -0.426. The number of imidazole rings is 1. The first-order valence-corrected chi connectivity index (χ1v) is 5.64. The van der Waals surface area contributed by atoms with Gasteiger partial charge in [0.2, 0.25) is 6.33 Å². The smallest absolute Gasteiger partial charge is 0.253 e. The van der Waals surface area contributed by atoms with E-state index in [9.17, 15) is 4.79 Å². The number of nitrogens with two attached hydrogens (primary N) is 1. The maximum absolute atomic E-state index is 11.5. The number of rotatable bonds is 2. The van der Waals surface area contributed by atoms with Crippen LogP contribution in [0.3, 0.4) is 0 Å². The lowest BCUT2D eigenvalue weighted by Gasteiger charge is -1.99. The number of para-hydroxylation sites is 2. The average Bonchev–Trinajstić information content (AvgIpc) is 2.83. The first-order chi connectivity index (χ1) is 8.77. The highest BCUT2D eigenvalue weighted by Gasteiger charge is 2.18. The minimum atomic E-state index is -0.426. The molecule has 96 valence electrons. The van der Waals surface area contributed by atoms with Crippen LogP contribution in [0.1, 0.15) is 10.4 Å². The number of carbonyl (C=O) groups excluding carboxylic acids is 1. The second-order valence-electron chi connectivity index (χ2n) is 4.04. The summed E-state index contributed by atoms with van der Waals surface area (Å²) in [5, 5.41) is 0. The Morgan fingerprint density at radius 3 is 2.47 bits per heavy atom. The van der Waals surface area contributed by atoms with Crippen molar-refractivity contribution in [2.24, 2.45) is 5.73 Å². The summed E-state index contributed by atoms with van der Waals surface area (Å²) in [6.07, 6.45) is 1.83. The first kappa shape index (κ1) is 13.1. The molecule has 4 nitrogen and oxygen atoms in total. The zero-order valence-electron chi connectivity index (χ0n) is 10.0. The maximum Gasteiger partial charge on any atom is 0.253 e. The van der Waals surface area contributed by atoms with Crippen LogP contribution in [0.2, 0.25) is 0 Å². The van der Waals surface area contributed by atoms with Crippen molar-refractivity contribution in [2.75, 3.05) is 0 Å². The van der Waals surface area contributed by atoms with Crippen LogP contribution >= 0.6 is 0 Å². The molecule has 0 bridgehead atoms. The van der Waals surface area contributed by atoms with Gasteiger partial charge in [-0.1, -0.05) is 24.3 Å². The highest BCUT2D eigenvalue weighted by Crippen LogP contribution is 2.14. The minimum Gasteiger partial charge on any atom is -1.00 e. The molecule has 0 saturated carbocycles. The highest BCUT2D eigenvalue weighted by molar-refractivity contribution is 6.02. The third kappa shape index (κ3) is 2.18. The number of nitrogens with one attached hydrogen (secondary N) is 1. The predicted octanol–water partition coefficient (Wildman–Crippen LogP) is -1.45. The third-order valence-corrected chi connectivity index (χ3v) is 2.93. The number of benzene rings is 2. The van der Waals surface area contributed by atoms with Crippen molar-refractivity contribution < 1.29 is 21.8 Å². The molecule has 19 heavy (non-hydrogen) atoms. The van der Waals surface area contributed by atoms with Gasteiger partial charge in [-0.25, -0.2) is 4.98 Å². The molecule has 0 fully saturated rings. The fourth-order valence-electron chi connectivity index (χ4n) is 2.11. The number of hydrogen-bond acceptors (Lipinski definition) is 1. The Bertz CT molecular complexity index is 722. The van der Waals surface area contributed by atoms with Gasteiger partial charge in [0.1, 0.15) is 5.69 Å². The first-order valence-electron chi connectivity index (χ1n) is 5.64. The number of nitrogens with zero attached hydrogens (tertiary/aromatic N) is 1. The van der Waals surface area contributed by atoms with Gasteiger partial charge < -0.3 is 18.1 Å². The SMILES string of the molecule is NC(=O)c1cccc2[nH]c[n+](-c3ccccc3)c12.[Cl-]. The summed E-state index contributed by atoms with van der Waals surface area (Å²) in [4.78, 5) is 14.6. The molecule has 0 spiro atoms. The third-order valence-electron chi connectivity index (χ3n) is 2.93. The van der Waals surface area contributed by atoms with Crippen molar-refractivity contribution in [1.29, 1.82) is 0 Å². The van der Waals surface area contributed by atoms with Crippen molar-refractivity contribution >= 4 is 16.9 Å². The molecular weight excluding hydrogens is 262 g/mol. The largest absolute Gasteiger partial charge is 1.00 e. The van der Waals surface area contributed by atoms with Crippen LogP contribution in [-0.2, 0) is 0 Å². The second kappa shape index (κ2) is 5.12. The van der Waals surface area contributed by atoms with Crippen LogP contribution in [0, 0.1) is 0 Å². The molecule has 0 saturated heterocycles. The van der Waals surface area contributed by atoms with Crippen LogP contribution in [-0.4, -0.2) is 10.9 Å². The van der Waals surface area contributed by atoms with Crippen molar-refractivity contribution in [3.63, 3.8) is 0 Å². The van der Waals surface area contributed by atoms with Gasteiger partial charge in [-0.05, 0) is 24.3 Å². The van der Waals surface area contributed by atoms with E-state index in [-0.39, 0.29) is 12.4 Å². The summed E-state index contributed by atoms with van der Waals surface area (Å²) >= 11 is 0. The molecule has 2 aromatic carbocycles. The van der Waals surface area contributed by atoms with E-state index in [1.165, 1.54) is 0 Å². The van der Waals surface area contributed by atoms with Gasteiger partial charge >= 0.3 is 0 Å². The Kier molecular flexibility index (Phi) is 3.53. The summed E-state index contributed by atoms with van der Waals surface area (Å²) < 4.78 is 1.93. The van der Waals surface area contributed by atoms with Crippen molar-refractivity contribution in [3.05, 3.63) is 60.4 Å². The van der Waals surface area contributed by atoms with Gasteiger partial charge in [0.05, 0.1) is 5.56 Å². The molecule has 0 aliphatic rings. The second-order valence-corrected chi connectivity index (χ2v) is 4.04. The Morgan fingerprint density at radius 2 is 1.79 bits per heavy atom. The Hall–Kier alpha value is -2.33. The highest BCUT2D eigenvalue weighted by atomic mass is 35.5. The summed E-state index contributed by atoms with van der Waals surface area (Å²) in [6, 6.07) is 15.3. The number of hydrogen-bond donors (Lipinski definition) is 2. The van der Waals surface area contributed by atoms with Gasteiger partial charge in [0, 0.05) is 0 Å². The number of amides is 1. The predicted molar refractivity (Wildman–Crippen MR) is 68.3 cm³/mol. The summed E-state index contributed by atoms with van der Waals surface area (Å²) in [7, 11) is 0. The van der Waals surface area contributed by atoms with Crippen molar-refractivity contribution in [3.8, 4) is 5.69 Å². The van der Waals surface area contributed by atoms with E-state index < -0.39 is 5.91 Å².